The molecule has 2 rings (SSSR count). The molecule has 1 aromatic carbocycles. The van der Waals surface area contributed by atoms with Crippen LogP contribution in [0.3, 0.4) is 0 Å². The van der Waals surface area contributed by atoms with Gasteiger partial charge in [-0.05, 0) is 36.2 Å². The Bertz CT molecular complexity index is 483. The predicted octanol–water partition coefficient (Wildman–Crippen LogP) is 3.87. The van der Waals surface area contributed by atoms with Gasteiger partial charge in [0.1, 0.15) is 0 Å². The van der Waals surface area contributed by atoms with Gasteiger partial charge in [-0.1, -0.05) is 12.1 Å². The van der Waals surface area contributed by atoms with Crippen LogP contribution in [0.4, 0.5) is 11.4 Å². The molecule has 0 spiro atoms. The van der Waals surface area contributed by atoms with E-state index in [1.807, 2.05) is 43.5 Å². The molecule has 0 saturated carbocycles. The van der Waals surface area contributed by atoms with Gasteiger partial charge in [0.05, 0.1) is 0 Å². The Labute approximate surface area is 100 Å². The van der Waals surface area contributed by atoms with Gasteiger partial charge in [-0.3, -0.25) is 4.98 Å². The minimum Gasteiger partial charge on any atom is -0.355 e. The Morgan fingerprint density at radius 1 is 1.31 bits per heavy atom. The molecule has 0 unspecified atom stereocenters. The SMILES string of the molecule is Cc1cnccc1Nc1cccc(CCl)c1. The molecular formula is C13H13ClN2. The molecule has 82 valence electrons. The summed E-state index contributed by atoms with van der Waals surface area (Å²) >= 11 is 5.80. The first kappa shape index (κ1) is 11.0. The average Bonchev–Trinajstić information content (AvgIpc) is 2.32. The Morgan fingerprint density at radius 3 is 2.94 bits per heavy atom. The molecule has 0 aliphatic heterocycles. The van der Waals surface area contributed by atoms with E-state index in [0.717, 1.165) is 22.5 Å². The van der Waals surface area contributed by atoms with Crippen molar-refractivity contribution in [2.24, 2.45) is 0 Å². The number of pyridine rings is 1. The number of aromatic nitrogens is 1. The number of aryl methyl sites for hydroxylation is 1. The molecule has 0 bridgehead atoms. The second kappa shape index (κ2) is 4.99. The first-order chi connectivity index (χ1) is 7.79. The van der Waals surface area contributed by atoms with Crippen molar-refractivity contribution in [3.63, 3.8) is 0 Å². The fourth-order valence-corrected chi connectivity index (χ4v) is 1.67. The Morgan fingerprint density at radius 2 is 2.19 bits per heavy atom. The quantitative estimate of drug-likeness (QED) is 0.813. The van der Waals surface area contributed by atoms with E-state index in [-0.39, 0.29) is 0 Å². The van der Waals surface area contributed by atoms with Crippen LogP contribution < -0.4 is 5.32 Å². The van der Waals surface area contributed by atoms with Crippen molar-refractivity contribution < 1.29 is 0 Å². The number of alkyl halides is 1. The number of hydrogen-bond donors (Lipinski definition) is 1. The molecule has 0 aliphatic carbocycles. The number of halogens is 1. The monoisotopic (exact) mass is 232 g/mol. The molecule has 16 heavy (non-hydrogen) atoms. The number of nitrogens with zero attached hydrogens (tertiary/aromatic N) is 1. The summed E-state index contributed by atoms with van der Waals surface area (Å²) in [6.45, 7) is 2.03. The molecular weight excluding hydrogens is 220 g/mol. The van der Waals surface area contributed by atoms with Gasteiger partial charge in [0.15, 0.2) is 0 Å². The van der Waals surface area contributed by atoms with Crippen LogP contribution in [0.25, 0.3) is 0 Å². The molecule has 0 aliphatic rings. The van der Waals surface area contributed by atoms with Crippen LogP contribution in [0.2, 0.25) is 0 Å². The van der Waals surface area contributed by atoms with Crippen LogP contribution in [0, 0.1) is 6.92 Å². The van der Waals surface area contributed by atoms with Crippen molar-refractivity contribution in [2.45, 2.75) is 12.8 Å². The van der Waals surface area contributed by atoms with Crippen molar-refractivity contribution >= 4 is 23.0 Å². The summed E-state index contributed by atoms with van der Waals surface area (Å²) in [5.74, 6) is 0.533. The number of rotatable bonds is 3. The lowest BCUT2D eigenvalue weighted by atomic mass is 10.2. The van der Waals surface area contributed by atoms with Crippen molar-refractivity contribution in [1.29, 1.82) is 0 Å². The summed E-state index contributed by atoms with van der Waals surface area (Å²) in [4.78, 5) is 4.06. The zero-order valence-electron chi connectivity index (χ0n) is 9.07. The molecule has 0 fully saturated rings. The normalized spacial score (nSPS) is 10.1. The second-order valence-corrected chi connectivity index (χ2v) is 3.92. The van der Waals surface area contributed by atoms with Crippen LogP contribution >= 0.6 is 11.6 Å². The maximum absolute atomic E-state index is 5.80. The Balaban J connectivity index is 2.24. The van der Waals surface area contributed by atoms with Gasteiger partial charge in [-0.2, -0.15) is 0 Å². The molecule has 0 amide bonds. The molecule has 0 radical (unpaired) electrons. The molecule has 1 heterocycles. The zero-order chi connectivity index (χ0) is 11.4. The van der Waals surface area contributed by atoms with Crippen molar-refractivity contribution in [3.05, 3.63) is 53.9 Å². The van der Waals surface area contributed by atoms with E-state index in [2.05, 4.69) is 10.3 Å². The molecule has 1 aromatic heterocycles. The minimum atomic E-state index is 0.533. The van der Waals surface area contributed by atoms with Crippen LogP contribution in [-0.4, -0.2) is 4.98 Å². The van der Waals surface area contributed by atoms with Gasteiger partial charge in [-0.15, -0.1) is 11.6 Å². The fourth-order valence-electron chi connectivity index (χ4n) is 1.50. The first-order valence-corrected chi connectivity index (χ1v) is 5.65. The van der Waals surface area contributed by atoms with E-state index < -0.39 is 0 Å². The number of hydrogen-bond acceptors (Lipinski definition) is 2. The van der Waals surface area contributed by atoms with Crippen LogP contribution in [-0.2, 0) is 5.88 Å². The molecule has 2 aromatic rings. The predicted molar refractivity (Wildman–Crippen MR) is 68.3 cm³/mol. The molecule has 1 N–H and O–H groups in total. The van der Waals surface area contributed by atoms with Crippen molar-refractivity contribution in [1.82, 2.24) is 4.98 Å². The fraction of sp³-hybridized carbons (Fsp3) is 0.154. The maximum Gasteiger partial charge on any atom is 0.0474 e. The third-order valence-electron chi connectivity index (χ3n) is 2.38. The van der Waals surface area contributed by atoms with E-state index in [9.17, 15) is 0 Å². The number of nitrogens with one attached hydrogen (secondary N) is 1. The molecule has 3 heteroatoms. The van der Waals surface area contributed by atoms with Crippen LogP contribution in [0.5, 0.6) is 0 Å². The summed E-state index contributed by atoms with van der Waals surface area (Å²) in [7, 11) is 0. The van der Waals surface area contributed by atoms with Crippen molar-refractivity contribution in [2.75, 3.05) is 5.32 Å². The average molecular weight is 233 g/mol. The minimum absolute atomic E-state index is 0.533. The maximum atomic E-state index is 5.80. The van der Waals surface area contributed by atoms with Gasteiger partial charge in [0, 0.05) is 29.6 Å². The summed E-state index contributed by atoms with van der Waals surface area (Å²) in [5.41, 5.74) is 4.35. The Kier molecular flexibility index (Phi) is 3.42. The standard InChI is InChI=1S/C13H13ClN2/c1-10-9-15-6-5-13(10)16-12-4-2-3-11(7-12)8-14/h2-7,9H,8H2,1H3,(H,15,16). The summed E-state index contributed by atoms with van der Waals surface area (Å²) in [6, 6.07) is 10.0. The van der Waals surface area contributed by atoms with Gasteiger partial charge in [-0.25, -0.2) is 0 Å². The second-order valence-electron chi connectivity index (χ2n) is 3.65. The van der Waals surface area contributed by atoms with Gasteiger partial charge < -0.3 is 5.32 Å². The number of benzene rings is 1. The summed E-state index contributed by atoms with van der Waals surface area (Å²) in [5, 5.41) is 3.35. The van der Waals surface area contributed by atoms with Gasteiger partial charge in [0.25, 0.3) is 0 Å². The van der Waals surface area contributed by atoms with E-state index >= 15 is 0 Å². The topological polar surface area (TPSA) is 24.9 Å². The Hall–Kier alpha value is -1.54. The van der Waals surface area contributed by atoms with E-state index in [4.69, 9.17) is 11.6 Å². The van der Waals surface area contributed by atoms with Crippen LogP contribution in [0.15, 0.2) is 42.7 Å². The number of anilines is 2. The lowest BCUT2D eigenvalue weighted by molar-refractivity contribution is 1.26. The molecule has 0 atom stereocenters. The van der Waals surface area contributed by atoms with E-state index in [1.165, 1.54) is 0 Å². The van der Waals surface area contributed by atoms with Gasteiger partial charge >= 0.3 is 0 Å². The highest BCUT2D eigenvalue weighted by molar-refractivity contribution is 6.17. The lowest BCUT2D eigenvalue weighted by Gasteiger charge is -2.09. The highest BCUT2D eigenvalue weighted by Crippen LogP contribution is 2.20. The highest BCUT2D eigenvalue weighted by Gasteiger charge is 1.99. The van der Waals surface area contributed by atoms with Crippen LogP contribution in [0.1, 0.15) is 11.1 Å². The third-order valence-corrected chi connectivity index (χ3v) is 2.69. The lowest BCUT2D eigenvalue weighted by Crippen LogP contribution is -1.94. The van der Waals surface area contributed by atoms with Gasteiger partial charge in [0.2, 0.25) is 0 Å². The van der Waals surface area contributed by atoms with E-state index in [0.29, 0.717) is 5.88 Å². The highest BCUT2D eigenvalue weighted by atomic mass is 35.5. The largest absolute Gasteiger partial charge is 0.355 e. The third kappa shape index (κ3) is 2.52. The van der Waals surface area contributed by atoms with E-state index in [1.54, 1.807) is 6.20 Å². The molecule has 0 saturated heterocycles. The first-order valence-electron chi connectivity index (χ1n) is 5.12. The smallest absolute Gasteiger partial charge is 0.0474 e. The summed E-state index contributed by atoms with van der Waals surface area (Å²) < 4.78 is 0. The van der Waals surface area contributed by atoms with Crippen molar-refractivity contribution in [3.8, 4) is 0 Å². The molecule has 2 nitrogen and oxygen atoms in total. The summed E-state index contributed by atoms with van der Waals surface area (Å²) in [6.07, 6.45) is 3.62. The zero-order valence-corrected chi connectivity index (χ0v) is 9.83.